The number of likely N-dealkylation sites (tertiary alicyclic amines) is 2. The molecule has 4 rings (SSSR count). The first kappa shape index (κ1) is 26.5. The Morgan fingerprint density at radius 1 is 1.00 bits per heavy atom. The van der Waals surface area contributed by atoms with Crippen LogP contribution in [-0.4, -0.2) is 53.5 Å². The lowest BCUT2D eigenvalue weighted by molar-refractivity contribution is -0.152. The zero-order chi connectivity index (χ0) is 23.9. The predicted molar refractivity (Wildman–Crippen MR) is 127 cm³/mol. The fourth-order valence-electron chi connectivity index (χ4n) is 5.73. The lowest BCUT2D eigenvalue weighted by Crippen LogP contribution is -2.57. The van der Waals surface area contributed by atoms with Crippen molar-refractivity contribution in [2.45, 2.75) is 32.3 Å². The summed E-state index contributed by atoms with van der Waals surface area (Å²) >= 11 is 0. The molecule has 2 saturated heterocycles. The minimum atomic E-state index is -1.26. The monoisotopic (exact) mass is 496 g/mol. The van der Waals surface area contributed by atoms with E-state index in [4.69, 9.17) is 0 Å². The van der Waals surface area contributed by atoms with Crippen LogP contribution in [0.5, 0.6) is 0 Å². The Labute approximate surface area is 205 Å². The van der Waals surface area contributed by atoms with Gasteiger partial charge >= 0.3 is 0 Å². The summed E-state index contributed by atoms with van der Waals surface area (Å²) in [6.07, 6.45) is 0. The van der Waals surface area contributed by atoms with Crippen molar-refractivity contribution in [2.24, 2.45) is 17.8 Å². The van der Waals surface area contributed by atoms with Gasteiger partial charge in [0.2, 0.25) is 5.91 Å². The number of aliphatic hydroxyl groups is 1. The van der Waals surface area contributed by atoms with Gasteiger partial charge in [0.05, 0.1) is 11.5 Å². The van der Waals surface area contributed by atoms with Crippen molar-refractivity contribution in [3.8, 4) is 0 Å². The van der Waals surface area contributed by atoms with Crippen LogP contribution < -0.4 is 0 Å². The predicted octanol–water partition coefficient (Wildman–Crippen LogP) is 4.56. The van der Waals surface area contributed by atoms with Crippen LogP contribution in [0.25, 0.3) is 0 Å². The Hall–Kier alpha value is -2.09. The zero-order valence-electron chi connectivity index (χ0n) is 19.7. The number of rotatable bonds is 4. The average molecular weight is 497 g/mol. The molecule has 0 unspecified atom stereocenters. The van der Waals surface area contributed by atoms with Crippen LogP contribution >= 0.6 is 12.4 Å². The van der Waals surface area contributed by atoms with Crippen LogP contribution in [-0.2, 0) is 10.4 Å². The van der Waals surface area contributed by atoms with Crippen LogP contribution in [0.15, 0.2) is 42.5 Å². The molecule has 0 bridgehead atoms. The van der Waals surface area contributed by atoms with Crippen molar-refractivity contribution in [2.75, 3.05) is 32.7 Å². The maximum atomic E-state index is 14.6. The summed E-state index contributed by atoms with van der Waals surface area (Å²) in [4.78, 5) is 17.5. The van der Waals surface area contributed by atoms with Crippen molar-refractivity contribution in [3.05, 3.63) is 71.0 Å². The molecule has 0 aliphatic carbocycles. The summed E-state index contributed by atoms with van der Waals surface area (Å²) < 4.78 is 41.9. The summed E-state index contributed by atoms with van der Waals surface area (Å²) in [5.74, 6) is -3.23. The van der Waals surface area contributed by atoms with Gasteiger partial charge in [-0.2, -0.15) is 0 Å². The second-order valence-corrected chi connectivity index (χ2v) is 9.61. The lowest BCUT2D eigenvalue weighted by Gasteiger charge is -2.48. The molecule has 4 nitrogen and oxygen atoms in total. The van der Waals surface area contributed by atoms with Gasteiger partial charge in [0, 0.05) is 50.0 Å². The van der Waals surface area contributed by atoms with Crippen molar-refractivity contribution in [1.82, 2.24) is 9.80 Å². The molecule has 8 heteroatoms. The molecule has 0 spiro atoms. The maximum Gasteiger partial charge on any atom is 0.227 e. The smallest absolute Gasteiger partial charge is 0.227 e. The third-order valence-electron chi connectivity index (χ3n) is 7.61. The molecular weight excluding hydrogens is 465 g/mol. The van der Waals surface area contributed by atoms with E-state index in [1.54, 1.807) is 17.0 Å². The van der Waals surface area contributed by atoms with E-state index in [2.05, 4.69) is 4.90 Å². The van der Waals surface area contributed by atoms with Gasteiger partial charge in [-0.1, -0.05) is 39.0 Å². The zero-order valence-corrected chi connectivity index (χ0v) is 20.5. The first-order valence-corrected chi connectivity index (χ1v) is 11.6. The van der Waals surface area contributed by atoms with Gasteiger partial charge < -0.3 is 14.9 Å². The number of piperidine rings is 1. The number of hydrogen-bond donors (Lipinski definition) is 1. The van der Waals surface area contributed by atoms with Crippen molar-refractivity contribution in [1.29, 1.82) is 0 Å². The normalized spacial score (nSPS) is 29.7. The quantitative estimate of drug-likeness (QED) is 0.674. The molecule has 1 amide bonds. The average Bonchev–Trinajstić information content (AvgIpc) is 3.20. The van der Waals surface area contributed by atoms with Crippen LogP contribution in [0.1, 0.15) is 37.8 Å². The molecule has 1 N–H and O–H groups in total. The van der Waals surface area contributed by atoms with Gasteiger partial charge in [0.1, 0.15) is 17.5 Å². The summed E-state index contributed by atoms with van der Waals surface area (Å²) in [6, 6.07) is 9.55. The highest BCUT2D eigenvalue weighted by molar-refractivity contribution is 5.85. The Kier molecular flexibility index (Phi) is 8.00. The number of likely N-dealkylation sites (N-methyl/N-ethyl adjacent to an activating group) is 1. The van der Waals surface area contributed by atoms with E-state index in [9.17, 15) is 23.1 Å². The van der Waals surface area contributed by atoms with Gasteiger partial charge in [-0.15, -0.1) is 12.4 Å². The van der Waals surface area contributed by atoms with Crippen LogP contribution in [0.3, 0.4) is 0 Å². The molecule has 2 aliphatic heterocycles. The SMILES string of the molecule is CCN1C[C@@H](C(=O)N2C[C@@H](C)[C@@](O)(c3cccc(F)c3)[C@@H](C)C2)[C@H](c2ccc(F)cc2F)C1.Cl. The molecule has 2 aromatic carbocycles. The molecule has 0 aromatic heterocycles. The number of nitrogens with zero attached hydrogens (tertiary/aromatic N) is 2. The third-order valence-corrected chi connectivity index (χ3v) is 7.61. The topological polar surface area (TPSA) is 43.8 Å². The van der Waals surface area contributed by atoms with Crippen LogP contribution in [0.2, 0.25) is 0 Å². The molecule has 0 saturated carbocycles. The molecule has 34 heavy (non-hydrogen) atoms. The number of amides is 1. The number of hydrogen-bond acceptors (Lipinski definition) is 3. The minimum Gasteiger partial charge on any atom is -0.384 e. The summed E-state index contributed by atoms with van der Waals surface area (Å²) in [6.45, 7) is 8.13. The second-order valence-electron chi connectivity index (χ2n) is 9.61. The van der Waals surface area contributed by atoms with Gasteiger partial charge in [-0.3, -0.25) is 4.79 Å². The lowest BCUT2D eigenvalue weighted by atomic mass is 9.70. The van der Waals surface area contributed by atoms with Crippen molar-refractivity contribution < 1.29 is 23.1 Å². The molecule has 2 heterocycles. The van der Waals surface area contributed by atoms with E-state index in [-0.39, 0.29) is 36.1 Å². The summed E-state index contributed by atoms with van der Waals surface area (Å²) in [5.41, 5.74) is -0.383. The molecular formula is C26H32ClF3N2O2. The molecule has 2 aromatic rings. The molecule has 186 valence electrons. The summed E-state index contributed by atoms with van der Waals surface area (Å²) in [7, 11) is 0. The van der Waals surface area contributed by atoms with Gasteiger partial charge in [0.15, 0.2) is 0 Å². The fourth-order valence-corrected chi connectivity index (χ4v) is 5.73. The number of benzene rings is 2. The Morgan fingerprint density at radius 2 is 1.65 bits per heavy atom. The van der Waals surface area contributed by atoms with E-state index in [1.165, 1.54) is 24.3 Å². The first-order valence-electron chi connectivity index (χ1n) is 11.6. The van der Waals surface area contributed by atoms with Gasteiger partial charge in [-0.25, -0.2) is 13.2 Å². The fraction of sp³-hybridized carbons (Fsp3) is 0.500. The molecule has 2 fully saturated rings. The van der Waals surface area contributed by atoms with E-state index in [0.29, 0.717) is 37.3 Å². The Bertz CT molecular complexity index is 1020. The van der Waals surface area contributed by atoms with Crippen LogP contribution in [0, 0.1) is 35.2 Å². The third kappa shape index (κ3) is 4.70. The molecule has 5 atom stereocenters. The van der Waals surface area contributed by atoms with Crippen molar-refractivity contribution >= 4 is 18.3 Å². The largest absolute Gasteiger partial charge is 0.384 e. The van der Waals surface area contributed by atoms with E-state index < -0.39 is 29.0 Å². The number of carbonyl (C=O) groups excluding carboxylic acids is 1. The number of carbonyl (C=O) groups is 1. The number of halogens is 4. The molecule has 2 aliphatic rings. The minimum absolute atomic E-state index is 0. The maximum absolute atomic E-state index is 14.6. The highest BCUT2D eigenvalue weighted by atomic mass is 35.5. The first-order chi connectivity index (χ1) is 15.6. The highest BCUT2D eigenvalue weighted by Crippen LogP contribution is 2.43. The van der Waals surface area contributed by atoms with Crippen molar-refractivity contribution in [3.63, 3.8) is 0 Å². The van der Waals surface area contributed by atoms with Crippen LogP contribution in [0.4, 0.5) is 13.2 Å². The highest BCUT2D eigenvalue weighted by Gasteiger charge is 2.49. The van der Waals surface area contributed by atoms with Gasteiger partial charge in [-0.05, 0) is 35.9 Å². The van der Waals surface area contributed by atoms with E-state index >= 15 is 0 Å². The molecule has 0 radical (unpaired) electrons. The van der Waals surface area contributed by atoms with Gasteiger partial charge in [0.25, 0.3) is 0 Å². The second kappa shape index (κ2) is 10.3. The Balaban J connectivity index is 0.00000324. The van der Waals surface area contributed by atoms with E-state index in [1.807, 2.05) is 20.8 Å². The van der Waals surface area contributed by atoms with E-state index in [0.717, 1.165) is 12.6 Å². The summed E-state index contributed by atoms with van der Waals surface area (Å²) in [5, 5.41) is 11.5. The standard InChI is InChI=1S/C26H31F3N2O2.ClH/c1-4-30-14-22(21-9-8-20(28)11-24(21)29)23(15-30)25(32)31-12-16(2)26(33,17(3)13-31)18-6-5-7-19(27)10-18;/h5-11,16-17,22-23,33H,4,12-15H2,1-3H3;1H/t16-,17+,22-,23+,26+;/m0./s1. The Morgan fingerprint density at radius 3 is 2.24 bits per heavy atom.